The van der Waals surface area contributed by atoms with Gasteiger partial charge in [0, 0.05) is 10.7 Å². The van der Waals surface area contributed by atoms with Crippen molar-refractivity contribution in [2.75, 3.05) is 11.9 Å². The fourth-order valence-corrected chi connectivity index (χ4v) is 1.52. The van der Waals surface area contributed by atoms with Crippen LogP contribution in [0.25, 0.3) is 0 Å². The third-order valence-corrected chi connectivity index (χ3v) is 2.49. The Labute approximate surface area is 104 Å². The maximum atomic E-state index is 8.75. The van der Waals surface area contributed by atoms with Crippen LogP contribution in [0.1, 0.15) is 5.69 Å². The van der Waals surface area contributed by atoms with Crippen LogP contribution in [0, 0.1) is 0 Å². The van der Waals surface area contributed by atoms with E-state index in [9.17, 15) is 0 Å². The number of aliphatic hydroxyl groups is 1. The first-order chi connectivity index (χ1) is 8.28. The number of aromatic nitrogens is 3. The van der Waals surface area contributed by atoms with Crippen LogP contribution in [0.4, 0.5) is 5.69 Å². The monoisotopic (exact) mass is 252 g/mol. The van der Waals surface area contributed by atoms with E-state index >= 15 is 0 Å². The van der Waals surface area contributed by atoms with Crippen molar-refractivity contribution in [3.8, 4) is 0 Å². The first-order valence-electron chi connectivity index (χ1n) is 5.27. The van der Waals surface area contributed by atoms with Crippen LogP contribution in [0.3, 0.4) is 0 Å². The normalized spacial score (nSPS) is 10.5. The predicted octanol–water partition coefficient (Wildman–Crippen LogP) is 1.54. The zero-order valence-electron chi connectivity index (χ0n) is 9.17. The molecule has 0 fully saturated rings. The van der Waals surface area contributed by atoms with Crippen molar-refractivity contribution in [2.24, 2.45) is 0 Å². The molecule has 0 aliphatic rings. The Morgan fingerprint density at radius 3 is 2.76 bits per heavy atom. The van der Waals surface area contributed by atoms with Crippen molar-refractivity contribution in [1.29, 1.82) is 0 Å². The van der Waals surface area contributed by atoms with Gasteiger partial charge in [0.1, 0.15) is 5.69 Å². The molecule has 2 rings (SSSR count). The van der Waals surface area contributed by atoms with Crippen molar-refractivity contribution in [3.05, 3.63) is 41.2 Å². The Hall–Kier alpha value is -1.59. The SMILES string of the molecule is OCCn1cc(CNc2ccc(Cl)cc2)nn1. The molecule has 0 spiro atoms. The molecular weight excluding hydrogens is 240 g/mol. The zero-order valence-corrected chi connectivity index (χ0v) is 9.93. The van der Waals surface area contributed by atoms with Gasteiger partial charge in [0.25, 0.3) is 0 Å². The van der Waals surface area contributed by atoms with E-state index in [0.717, 1.165) is 11.4 Å². The fourth-order valence-electron chi connectivity index (χ4n) is 1.39. The van der Waals surface area contributed by atoms with Crippen molar-refractivity contribution in [3.63, 3.8) is 0 Å². The summed E-state index contributed by atoms with van der Waals surface area (Å²) < 4.78 is 1.61. The first kappa shape index (κ1) is 11.9. The summed E-state index contributed by atoms with van der Waals surface area (Å²) in [5.41, 5.74) is 1.81. The molecule has 90 valence electrons. The molecule has 0 atom stereocenters. The van der Waals surface area contributed by atoms with E-state index in [2.05, 4.69) is 15.6 Å². The molecule has 17 heavy (non-hydrogen) atoms. The Kier molecular flexibility index (Phi) is 3.95. The summed E-state index contributed by atoms with van der Waals surface area (Å²) in [7, 11) is 0. The van der Waals surface area contributed by atoms with Gasteiger partial charge >= 0.3 is 0 Å². The molecule has 1 aromatic carbocycles. The Morgan fingerprint density at radius 2 is 2.06 bits per heavy atom. The number of rotatable bonds is 5. The second kappa shape index (κ2) is 5.65. The van der Waals surface area contributed by atoms with Crippen LogP contribution in [-0.4, -0.2) is 26.7 Å². The first-order valence-corrected chi connectivity index (χ1v) is 5.65. The molecule has 0 saturated heterocycles. The summed E-state index contributed by atoms with van der Waals surface area (Å²) in [6, 6.07) is 7.46. The summed E-state index contributed by atoms with van der Waals surface area (Å²) in [5.74, 6) is 0. The van der Waals surface area contributed by atoms with Gasteiger partial charge in [-0.25, -0.2) is 4.68 Å². The topological polar surface area (TPSA) is 63.0 Å². The van der Waals surface area contributed by atoms with Crippen molar-refractivity contribution in [2.45, 2.75) is 13.1 Å². The van der Waals surface area contributed by atoms with Gasteiger partial charge in [0.15, 0.2) is 0 Å². The lowest BCUT2D eigenvalue weighted by Crippen LogP contribution is -2.02. The molecule has 0 unspecified atom stereocenters. The number of halogens is 1. The van der Waals surface area contributed by atoms with Gasteiger partial charge < -0.3 is 10.4 Å². The third kappa shape index (κ3) is 3.44. The van der Waals surface area contributed by atoms with Gasteiger partial charge in [-0.15, -0.1) is 5.10 Å². The molecule has 2 aromatic rings. The summed E-state index contributed by atoms with van der Waals surface area (Å²) in [6.45, 7) is 1.12. The Bertz CT molecular complexity index is 469. The highest BCUT2D eigenvalue weighted by Gasteiger charge is 2.00. The van der Waals surface area contributed by atoms with E-state index in [-0.39, 0.29) is 6.61 Å². The largest absolute Gasteiger partial charge is 0.394 e. The average molecular weight is 253 g/mol. The molecule has 0 bridgehead atoms. The molecule has 5 nitrogen and oxygen atoms in total. The second-order valence-corrected chi connectivity index (χ2v) is 3.99. The maximum absolute atomic E-state index is 8.75. The third-order valence-electron chi connectivity index (χ3n) is 2.23. The number of aliphatic hydroxyl groups excluding tert-OH is 1. The van der Waals surface area contributed by atoms with E-state index in [1.807, 2.05) is 24.3 Å². The van der Waals surface area contributed by atoms with Crippen LogP contribution < -0.4 is 5.32 Å². The van der Waals surface area contributed by atoms with Gasteiger partial charge in [-0.1, -0.05) is 16.8 Å². The molecule has 1 aromatic heterocycles. The van der Waals surface area contributed by atoms with Gasteiger partial charge in [0.2, 0.25) is 0 Å². The maximum Gasteiger partial charge on any atom is 0.102 e. The number of hydrogen-bond donors (Lipinski definition) is 2. The van der Waals surface area contributed by atoms with E-state index in [1.54, 1.807) is 10.9 Å². The molecular formula is C11H13ClN4O. The quantitative estimate of drug-likeness (QED) is 0.847. The molecule has 0 radical (unpaired) electrons. The lowest BCUT2D eigenvalue weighted by Gasteiger charge is -2.03. The molecule has 1 heterocycles. The minimum atomic E-state index is 0.0629. The lowest BCUT2D eigenvalue weighted by atomic mass is 10.3. The van der Waals surface area contributed by atoms with Crippen LogP contribution in [0.5, 0.6) is 0 Å². The highest BCUT2D eigenvalue weighted by atomic mass is 35.5. The number of nitrogens with one attached hydrogen (secondary N) is 1. The summed E-state index contributed by atoms with van der Waals surface area (Å²) in [4.78, 5) is 0. The van der Waals surface area contributed by atoms with Crippen molar-refractivity contribution in [1.82, 2.24) is 15.0 Å². The molecule has 2 N–H and O–H groups in total. The number of hydrogen-bond acceptors (Lipinski definition) is 4. The number of nitrogens with zero attached hydrogens (tertiary/aromatic N) is 3. The predicted molar refractivity (Wildman–Crippen MR) is 65.9 cm³/mol. The highest BCUT2D eigenvalue weighted by molar-refractivity contribution is 6.30. The van der Waals surface area contributed by atoms with Crippen LogP contribution in [0.15, 0.2) is 30.5 Å². The van der Waals surface area contributed by atoms with Gasteiger partial charge in [-0.2, -0.15) is 0 Å². The summed E-state index contributed by atoms with van der Waals surface area (Å²) in [5, 5.41) is 20.5. The molecule has 6 heteroatoms. The Balaban J connectivity index is 1.90. The van der Waals surface area contributed by atoms with Gasteiger partial charge in [-0.3, -0.25) is 0 Å². The number of anilines is 1. The minimum Gasteiger partial charge on any atom is -0.394 e. The molecule has 0 aliphatic heterocycles. The molecule has 0 aliphatic carbocycles. The Morgan fingerprint density at radius 1 is 1.29 bits per heavy atom. The van der Waals surface area contributed by atoms with Gasteiger partial charge in [-0.05, 0) is 24.3 Å². The van der Waals surface area contributed by atoms with Crippen LogP contribution >= 0.6 is 11.6 Å². The molecule has 0 amide bonds. The van der Waals surface area contributed by atoms with Crippen LogP contribution in [0.2, 0.25) is 5.02 Å². The van der Waals surface area contributed by atoms with Crippen LogP contribution in [-0.2, 0) is 13.1 Å². The zero-order chi connectivity index (χ0) is 12.1. The standard InChI is InChI=1S/C11H13ClN4O/c12-9-1-3-10(4-2-9)13-7-11-8-16(5-6-17)15-14-11/h1-4,8,13,17H,5-7H2. The van der Waals surface area contributed by atoms with E-state index in [0.29, 0.717) is 18.1 Å². The lowest BCUT2D eigenvalue weighted by molar-refractivity contribution is 0.268. The van der Waals surface area contributed by atoms with Crippen molar-refractivity contribution < 1.29 is 5.11 Å². The number of benzene rings is 1. The second-order valence-electron chi connectivity index (χ2n) is 3.56. The average Bonchev–Trinajstić information content (AvgIpc) is 2.77. The fraction of sp³-hybridized carbons (Fsp3) is 0.273. The molecule has 0 saturated carbocycles. The van der Waals surface area contributed by atoms with E-state index in [1.165, 1.54) is 0 Å². The van der Waals surface area contributed by atoms with Crippen molar-refractivity contribution >= 4 is 17.3 Å². The van der Waals surface area contributed by atoms with E-state index in [4.69, 9.17) is 16.7 Å². The smallest absolute Gasteiger partial charge is 0.102 e. The van der Waals surface area contributed by atoms with Gasteiger partial charge in [0.05, 0.1) is 25.9 Å². The summed E-state index contributed by atoms with van der Waals surface area (Å²) in [6.07, 6.45) is 1.80. The highest BCUT2D eigenvalue weighted by Crippen LogP contribution is 2.13. The minimum absolute atomic E-state index is 0.0629. The van der Waals surface area contributed by atoms with E-state index < -0.39 is 0 Å². The summed E-state index contributed by atoms with van der Waals surface area (Å²) >= 11 is 5.79.